The van der Waals surface area contributed by atoms with E-state index in [4.69, 9.17) is 0 Å². The highest BCUT2D eigenvalue weighted by Gasteiger charge is 2.17. The lowest BCUT2D eigenvalue weighted by molar-refractivity contribution is -0.123. The maximum atomic E-state index is 12.4. The van der Waals surface area contributed by atoms with Crippen LogP contribution in [0.15, 0.2) is 36.5 Å². The molecule has 0 aromatic heterocycles. The van der Waals surface area contributed by atoms with E-state index < -0.39 is 12.1 Å². The van der Waals surface area contributed by atoms with Crippen molar-refractivity contribution in [1.82, 2.24) is 5.32 Å². The average Bonchev–Trinajstić information content (AvgIpc) is 3.10. The normalized spacial score (nSPS) is 13.3. The van der Waals surface area contributed by atoms with Gasteiger partial charge in [-0.3, -0.25) is 4.79 Å². The molecule has 4 nitrogen and oxygen atoms in total. The van der Waals surface area contributed by atoms with Crippen LogP contribution in [0, 0.1) is 0 Å². The zero-order valence-electron chi connectivity index (χ0n) is 33.0. The summed E-state index contributed by atoms with van der Waals surface area (Å²) < 4.78 is 0. The van der Waals surface area contributed by atoms with Crippen molar-refractivity contribution in [3.05, 3.63) is 36.5 Å². The Morgan fingerprint density at radius 3 is 1.18 bits per heavy atom. The standard InChI is InChI=1S/C45H85NO3/c1-3-5-7-9-11-13-15-17-19-21-22-23-25-26-28-30-32-34-36-38-40-44(48)43(42-47)46-45(49)41-39-37-35-33-31-29-27-24-20-18-16-14-12-10-8-6-4-2/h18,20,30,32,38,40,43-44,47-48H,3-17,19,21-29,31,33-37,39,41-42H2,1-2H3,(H,46,49)/b20-18-,32-30+,40-38+. The van der Waals surface area contributed by atoms with Crippen LogP contribution in [0.5, 0.6) is 0 Å². The number of allylic oxidation sites excluding steroid dienone is 5. The highest BCUT2D eigenvalue weighted by Crippen LogP contribution is 2.14. The van der Waals surface area contributed by atoms with E-state index in [0.717, 1.165) is 32.1 Å². The van der Waals surface area contributed by atoms with E-state index in [1.54, 1.807) is 6.08 Å². The molecule has 0 fully saturated rings. The second kappa shape index (κ2) is 41.0. The summed E-state index contributed by atoms with van der Waals surface area (Å²) in [5, 5.41) is 23.0. The predicted molar refractivity (Wildman–Crippen MR) is 216 cm³/mol. The molecule has 2 atom stereocenters. The van der Waals surface area contributed by atoms with Crippen LogP contribution in [0.2, 0.25) is 0 Å². The Hall–Kier alpha value is -1.39. The summed E-state index contributed by atoms with van der Waals surface area (Å²) in [4.78, 5) is 12.4. The third kappa shape index (κ3) is 37.7. The molecular weight excluding hydrogens is 602 g/mol. The lowest BCUT2D eigenvalue weighted by Crippen LogP contribution is -2.45. The first-order chi connectivity index (χ1) is 24.2. The first kappa shape index (κ1) is 47.6. The van der Waals surface area contributed by atoms with Crippen LogP contribution < -0.4 is 5.32 Å². The van der Waals surface area contributed by atoms with Crippen LogP contribution in [0.1, 0.15) is 226 Å². The van der Waals surface area contributed by atoms with Crippen molar-refractivity contribution < 1.29 is 15.0 Å². The molecule has 3 N–H and O–H groups in total. The lowest BCUT2D eigenvalue weighted by Gasteiger charge is -2.19. The maximum Gasteiger partial charge on any atom is 0.220 e. The summed E-state index contributed by atoms with van der Waals surface area (Å²) in [6, 6.07) is -0.639. The molecule has 0 aromatic rings. The minimum atomic E-state index is -0.862. The Morgan fingerprint density at radius 1 is 0.469 bits per heavy atom. The number of hydrogen-bond donors (Lipinski definition) is 3. The van der Waals surface area contributed by atoms with Gasteiger partial charge in [-0.25, -0.2) is 0 Å². The molecule has 0 heterocycles. The number of nitrogens with one attached hydrogen (secondary N) is 1. The van der Waals surface area contributed by atoms with Gasteiger partial charge in [0.15, 0.2) is 0 Å². The van der Waals surface area contributed by atoms with Crippen molar-refractivity contribution in [2.24, 2.45) is 0 Å². The second-order valence-corrected chi connectivity index (χ2v) is 14.8. The van der Waals surface area contributed by atoms with E-state index in [0.29, 0.717) is 6.42 Å². The molecule has 0 radical (unpaired) electrons. The van der Waals surface area contributed by atoms with Crippen molar-refractivity contribution >= 4 is 5.91 Å². The maximum absolute atomic E-state index is 12.4. The van der Waals surface area contributed by atoms with Gasteiger partial charge in [-0.1, -0.05) is 198 Å². The van der Waals surface area contributed by atoms with E-state index in [1.807, 2.05) is 6.08 Å². The van der Waals surface area contributed by atoms with Crippen molar-refractivity contribution in [2.75, 3.05) is 6.61 Å². The van der Waals surface area contributed by atoms with E-state index in [2.05, 4.69) is 43.5 Å². The van der Waals surface area contributed by atoms with Gasteiger partial charge in [0.05, 0.1) is 18.8 Å². The molecule has 1 amide bonds. The Labute approximate surface area is 306 Å². The average molecular weight is 688 g/mol. The molecule has 0 saturated carbocycles. The van der Waals surface area contributed by atoms with Gasteiger partial charge in [0.1, 0.15) is 0 Å². The summed E-state index contributed by atoms with van der Waals surface area (Å²) in [6.45, 7) is 4.30. The highest BCUT2D eigenvalue weighted by atomic mass is 16.3. The molecule has 0 rings (SSSR count). The third-order valence-corrected chi connectivity index (χ3v) is 9.85. The smallest absolute Gasteiger partial charge is 0.220 e. The third-order valence-electron chi connectivity index (χ3n) is 9.85. The van der Waals surface area contributed by atoms with Crippen LogP contribution in [-0.2, 0) is 4.79 Å². The quantitative estimate of drug-likeness (QED) is 0.0445. The van der Waals surface area contributed by atoms with Crippen LogP contribution >= 0.6 is 0 Å². The number of carbonyl (C=O) groups is 1. The molecule has 0 saturated heterocycles. The number of aliphatic hydroxyl groups is 2. The van der Waals surface area contributed by atoms with Gasteiger partial charge in [0.2, 0.25) is 5.91 Å². The molecule has 0 spiro atoms. The van der Waals surface area contributed by atoms with Gasteiger partial charge in [-0.05, 0) is 57.8 Å². The molecule has 2 unspecified atom stereocenters. The minimum absolute atomic E-state index is 0.0781. The van der Waals surface area contributed by atoms with Crippen LogP contribution in [-0.4, -0.2) is 34.9 Å². The lowest BCUT2D eigenvalue weighted by atomic mass is 10.0. The first-order valence-electron chi connectivity index (χ1n) is 21.7. The Kier molecular flexibility index (Phi) is 39.9. The second-order valence-electron chi connectivity index (χ2n) is 14.8. The number of amides is 1. The molecule has 0 bridgehead atoms. The molecule has 0 aliphatic heterocycles. The van der Waals surface area contributed by atoms with Gasteiger partial charge in [-0.2, -0.15) is 0 Å². The number of carbonyl (C=O) groups excluding carboxylic acids is 1. The fourth-order valence-electron chi connectivity index (χ4n) is 6.48. The fraction of sp³-hybridized carbons (Fsp3) is 0.844. The van der Waals surface area contributed by atoms with E-state index >= 15 is 0 Å². The van der Waals surface area contributed by atoms with Crippen molar-refractivity contribution in [3.63, 3.8) is 0 Å². The summed E-state index contributed by atoms with van der Waals surface area (Å²) in [5.41, 5.74) is 0. The summed E-state index contributed by atoms with van der Waals surface area (Å²) in [7, 11) is 0. The molecule has 4 heteroatoms. The van der Waals surface area contributed by atoms with Crippen LogP contribution in [0.4, 0.5) is 0 Å². The van der Waals surface area contributed by atoms with Crippen LogP contribution in [0.3, 0.4) is 0 Å². The van der Waals surface area contributed by atoms with E-state index in [9.17, 15) is 15.0 Å². The SMILES string of the molecule is CCCCCCCC/C=C\CCCCCCCCCC(=O)NC(CO)C(O)/C=C/CC/C=C/CCCCCCCCCCCCCCCC. The Morgan fingerprint density at radius 2 is 0.796 bits per heavy atom. The van der Waals surface area contributed by atoms with Crippen molar-refractivity contribution in [2.45, 2.75) is 238 Å². The van der Waals surface area contributed by atoms with Gasteiger partial charge in [-0.15, -0.1) is 0 Å². The highest BCUT2D eigenvalue weighted by molar-refractivity contribution is 5.76. The fourth-order valence-corrected chi connectivity index (χ4v) is 6.48. The Balaban J connectivity index is 3.62. The van der Waals surface area contributed by atoms with E-state index in [1.165, 1.54) is 173 Å². The number of rotatable bonds is 39. The van der Waals surface area contributed by atoms with E-state index in [-0.39, 0.29) is 12.5 Å². The molecule has 288 valence electrons. The first-order valence-corrected chi connectivity index (χ1v) is 21.7. The zero-order valence-corrected chi connectivity index (χ0v) is 33.0. The van der Waals surface area contributed by atoms with Gasteiger partial charge in [0, 0.05) is 6.42 Å². The van der Waals surface area contributed by atoms with Crippen LogP contribution in [0.25, 0.3) is 0 Å². The molecular formula is C45H85NO3. The number of unbranched alkanes of at least 4 members (excludes halogenated alkanes) is 28. The summed E-state index contributed by atoms with van der Waals surface area (Å²) in [5.74, 6) is -0.0781. The Bertz CT molecular complexity index is 746. The minimum Gasteiger partial charge on any atom is -0.394 e. The predicted octanol–water partition coefficient (Wildman–Crippen LogP) is 13.4. The summed E-state index contributed by atoms with van der Waals surface area (Å²) in [6.07, 6.45) is 53.9. The number of aliphatic hydroxyl groups excluding tert-OH is 2. The number of hydrogen-bond acceptors (Lipinski definition) is 3. The van der Waals surface area contributed by atoms with Crippen molar-refractivity contribution in [1.29, 1.82) is 0 Å². The van der Waals surface area contributed by atoms with Crippen molar-refractivity contribution in [3.8, 4) is 0 Å². The topological polar surface area (TPSA) is 69.6 Å². The molecule has 0 aliphatic rings. The largest absolute Gasteiger partial charge is 0.394 e. The van der Waals surface area contributed by atoms with Gasteiger partial charge >= 0.3 is 0 Å². The summed E-state index contributed by atoms with van der Waals surface area (Å²) >= 11 is 0. The molecule has 0 aromatic carbocycles. The van der Waals surface area contributed by atoms with Gasteiger partial charge in [0.25, 0.3) is 0 Å². The molecule has 0 aliphatic carbocycles. The molecule has 49 heavy (non-hydrogen) atoms. The monoisotopic (exact) mass is 688 g/mol. The zero-order chi connectivity index (χ0) is 35.7. The van der Waals surface area contributed by atoms with Gasteiger partial charge < -0.3 is 15.5 Å².